The van der Waals surface area contributed by atoms with Crippen molar-refractivity contribution in [2.75, 3.05) is 6.61 Å². The molecule has 0 heterocycles. The third kappa shape index (κ3) is 3.14. The van der Waals surface area contributed by atoms with Crippen molar-refractivity contribution in [1.82, 2.24) is 0 Å². The molecular weight excluding hydrogens is 238 g/mol. The monoisotopic (exact) mass is 259 g/mol. The van der Waals surface area contributed by atoms with Crippen molar-refractivity contribution in [3.8, 4) is 6.07 Å². The van der Waals surface area contributed by atoms with Crippen LogP contribution in [0.5, 0.6) is 0 Å². The van der Waals surface area contributed by atoms with Gasteiger partial charge in [-0.3, -0.25) is 4.79 Å². The number of nitriles is 1. The van der Waals surface area contributed by atoms with Gasteiger partial charge in [0.2, 0.25) is 0 Å². The van der Waals surface area contributed by atoms with Crippen LogP contribution in [0.3, 0.4) is 0 Å². The number of rotatable bonds is 6. The summed E-state index contributed by atoms with van der Waals surface area (Å²) in [5, 5.41) is 9.69. The molecule has 0 aliphatic rings. The van der Waals surface area contributed by atoms with E-state index in [4.69, 9.17) is 4.74 Å². The Morgan fingerprint density at radius 2 is 2.00 bits per heavy atom. The molecule has 0 aromatic heterocycles. The van der Waals surface area contributed by atoms with Crippen molar-refractivity contribution < 1.29 is 9.53 Å². The van der Waals surface area contributed by atoms with E-state index < -0.39 is 11.3 Å². The summed E-state index contributed by atoms with van der Waals surface area (Å²) in [6.07, 6.45) is 1.49. The van der Waals surface area contributed by atoms with E-state index in [1.165, 1.54) is 0 Å². The van der Waals surface area contributed by atoms with Crippen molar-refractivity contribution in [2.24, 2.45) is 5.92 Å². The van der Waals surface area contributed by atoms with Gasteiger partial charge in [0.25, 0.3) is 0 Å². The Bertz CT molecular complexity index is 450. The van der Waals surface area contributed by atoms with Gasteiger partial charge in [-0.05, 0) is 18.9 Å². The van der Waals surface area contributed by atoms with Gasteiger partial charge in [0, 0.05) is 0 Å². The first-order valence-electron chi connectivity index (χ1n) is 6.75. The molecule has 19 heavy (non-hydrogen) atoms. The number of ether oxygens (including phenoxy) is 1. The number of carbonyl (C=O) groups is 1. The Labute approximate surface area is 115 Å². The van der Waals surface area contributed by atoms with Crippen molar-refractivity contribution in [1.29, 1.82) is 5.26 Å². The van der Waals surface area contributed by atoms with Crippen LogP contribution >= 0.6 is 0 Å². The maximum absolute atomic E-state index is 12.0. The Hall–Kier alpha value is -1.82. The summed E-state index contributed by atoms with van der Waals surface area (Å²) in [4.78, 5) is 12.0. The molecule has 0 amide bonds. The highest BCUT2D eigenvalue weighted by Crippen LogP contribution is 2.37. The second kappa shape index (κ2) is 6.94. The highest BCUT2D eigenvalue weighted by atomic mass is 16.5. The zero-order chi connectivity index (χ0) is 14.3. The van der Waals surface area contributed by atoms with Crippen LogP contribution in [-0.4, -0.2) is 12.6 Å². The summed E-state index contributed by atoms with van der Waals surface area (Å²) in [6, 6.07) is 11.9. The van der Waals surface area contributed by atoms with Gasteiger partial charge in [-0.15, -0.1) is 0 Å². The standard InChI is InChI=1S/C16H21NO2/c1-4-11-16(12-17,13(3)15(18)19-5-2)14-9-7-6-8-10-14/h6-10,13H,4-5,11H2,1-3H3/t13-,16+/m0/s1. The average molecular weight is 259 g/mol. The molecule has 0 aliphatic heterocycles. The first-order valence-corrected chi connectivity index (χ1v) is 6.75. The fourth-order valence-corrected chi connectivity index (χ4v) is 2.43. The summed E-state index contributed by atoms with van der Waals surface area (Å²) in [6.45, 7) is 5.92. The van der Waals surface area contributed by atoms with Crippen molar-refractivity contribution in [3.05, 3.63) is 35.9 Å². The van der Waals surface area contributed by atoms with Crippen LogP contribution in [0.4, 0.5) is 0 Å². The van der Waals surface area contributed by atoms with Gasteiger partial charge >= 0.3 is 5.97 Å². The lowest BCUT2D eigenvalue weighted by molar-refractivity contribution is -0.149. The summed E-state index contributed by atoms with van der Waals surface area (Å²) in [5.74, 6) is -0.777. The van der Waals surface area contributed by atoms with Crippen LogP contribution in [0, 0.1) is 17.2 Å². The highest BCUT2D eigenvalue weighted by Gasteiger charge is 2.42. The zero-order valence-corrected chi connectivity index (χ0v) is 11.8. The molecule has 0 unspecified atom stereocenters. The van der Waals surface area contributed by atoms with E-state index in [0.717, 1.165) is 12.0 Å². The number of hydrogen-bond donors (Lipinski definition) is 0. The van der Waals surface area contributed by atoms with E-state index in [0.29, 0.717) is 13.0 Å². The Morgan fingerprint density at radius 3 is 2.47 bits per heavy atom. The molecule has 2 atom stereocenters. The maximum Gasteiger partial charge on any atom is 0.310 e. The molecule has 0 bridgehead atoms. The number of hydrogen-bond acceptors (Lipinski definition) is 3. The molecule has 1 rings (SSSR count). The van der Waals surface area contributed by atoms with Crippen LogP contribution < -0.4 is 0 Å². The summed E-state index contributed by atoms with van der Waals surface area (Å²) in [5.41, 5.74) is 0.0855. The van der Waals surface area contributed by atoms with Crippen LogP contribution in [-0.2, 0) is 14.9 Å². The van der Waals surface area contributed by atoms with E-state index in [9.17, 15) is 10.1 Å². The van der Waals surface area contributed by atoms with Gasteiger partial charge in [-0.1, -0.05) is 50.6 Å². The number of benzene rings is 1. The molecule has 0 fully saturated rings. The molecular formula is C16H21NO2. The summed E-state index contributed by atoms with van der Waals surface area (Å²) >= 11 is 0. The maximum atomic E-state index is 12.0. The average Bonchev–Trinajstić information content (AvgIpc) is 2.45. The van der Waals surface area contributed by atoms with Gasteiger partial charge in [0.1, 0.15) is 0 Å². The Kier molecular flexibility index (Phi) is 5.57. The molecule has 0 saturated heterocycles. The minimum Gasteiger partial charge on any atom is -0.466 e. The molecule has 102 valence electrons. The summed E-state index contributed by atoms with van der Waals surface area (Å²) < 4.78 is 5.09. The Balaban J connectivity index is 3.20. The van der Waals surface area contributed by atoms with Crippen molar-refractivity contribution in [2.45, 2.75) is 39.0 Å². The lowest BCUT2D eigenvalue weighted by atomic mass is 9.69. The third-order valence-corrected chi connectivity index (χ3v) is 3.51. The SMILES string of the molecule is CCC[C@](C#N)(c1ccccc1)[C@@H](C)C(=O)OCC. The van der Waals surface area contributed by atoms with Gasteiger partial charge in [0.05, 0.1) is 24.0 Å². The fraction of sp³-hybridized carbons (Fsp3) is 0.500. The molecule has 3 nitrogen and oxygen atoms in total. The lowest BCUT2D eigenvalue weighted by Gasteiger charge is -2.31. The minimum atomic E-state index is -0.803. The van der Waals surface area contributed by atoms with Gasteiger partial charge in [-0.25, -0.2) is 0 Å². The molecule has 1 aromatic rings. The predicted octanol–water partition coefficient (Wildman–Crippen LogP) is 3.45. The molecule has 0 saturated carbocycles. The predicted molar refractivity (Wildman–Crippen MR) is 74.4 cm³/mol. The molecule has 1 aromatic carbocycles. The van der Waals surface area contributed by atoms with Crippen molar-refractivity contribution in [3.63, 3.8) is 0 Å². The number of carbonyl (C=O) groups excluding carboxylic acids is 1. The lowest BCUT2D eigenvalue weighted by Crippen LogP contribution is -2.38. The first kappa shape index (κ1) is 15.2. The van der Waals surface area contributed by atoms with Crippen LogP contribution in [0.2, 0.25) is 0 Å². The topological polar surface area (TPSA) is 50.1 Å². The molecule has 3 heteroatoms. The summed E-state index contributed by atoms with van der Waals surface area (Å²) in [7, 11) is 0. The molecule has 0 aliphatic carbocycles. The molecule has 0 spiro atoms. The second-order valence-electron chi connectivity index (χ2n) is 4.67. The van der Waals surface area contributed by atoms with Crippen LogP contribution in [0.25, 0.3) is 0 Å². The second-order valence-corrected chi connectivity index (χ2v) is 4.67. The van der Waals surface area contributed by atoms with Gasteiger partial charge in [0.15, 0.2) is 0 Å². The van der Waals surface area contributed by atoms with E-state index in [2.05, 4.69) is 6.07 Å². The smallest absolute Gasteiger partial charge is 0.310 e. The normalized spacial score (nSPS) is 15.1. The van der Waals surface area contributed by atoms with E-state index >= 15 is 0 Å². The number of nitrogens with zero attached hydrogens (tertiary/aromatic N) is 1. The van der Waals surface area contributed by atoms with E-state index in [-0.39, 0.29) is 5.97 Å². The Morgan fingerprint density at radius 1 is 1.37 bits per heavy atom. The highest BCUT2D eigenvalue weighted by molar-refractivity contribution is 5.75. The minimum absolute atomic E-state index is 0.304. The van der Waals surface area contributed by atoms with Crippen LogP contribution in [0.1, 0.15) is 39.2 Å². The van der Waals surface area contributed by atoms with Gasteiger partial charge in [-0.2, -0.15) is 5.26 Å². The van der Waals surface area contributed by atoms with Crippen LogP contribution in [0.15, 0.2) is 30.3 Å². The number of esters is 1. The largest absolute Gasteiger partial charge is 0.466 e. The third-order valence-electron chi connectivity index (χ3n) is 3.51. The quantitative estimate of drug-likeness (QED) is 0.735. The first-order chi connectivity index (χ1) is 9.12. The molecule has 0 radical (unpaired) electrons. The van der Waals surface area contributed by atoms with E-state index in [1.807, 2.05) is 37.3 Å². The fourth-order valence-electron chi connectivity index (χ4n) is 2.43. The van der Waals surface area contributed by atoms with E-state index in [1.54, 1.807) is 13.8 Å². The van der Waals surface area contributed by atoms with Crippen molar-refractivity contribution >= 4 is 5.97 Å². The van der Waals surface area contributed by atoms with Gasteiger partial charge < -0.3 is 4.74 Å². The zero-order valence-electron chi connectivity index (χ0n) is 11.8. The molecule has 0 N–H and O–H groups in total.